The third kappa shape index (κ3) is 7.26. The first-order chi connectivity index (χ1) is 12.8. The number of hydrogen-bond donors (Lipinski definition) is 1. The third-order valence-electron chi connectivity index (χ3n) is 3.72. The van der Waals surface area contributed by atoms with Crippen molar-refractivity contribution in [2.75, 3.05) is 32.8 Å². The number of carbonyl (C=O) groups excluding carboxylic acids is 3. The summed E-state index contributed by atoms with van der Waals surface area (Å²) in [5.41, 5.74) is -0.0857. The van der Waals surface area contributed by atoms with E-state index in [2.05, 4.69) is 5.32 Å². The molecule has 27 heavy (non-hydrogen) atoms. The highest BCUT2D eigenvalue weighted by Gasteiger charge is 2.25. The van der Waals surface area contributed by atoms with Gasteiger partial charge in [-0.1, -0.05) is 12.1 Å². The van der Waals surface area contributed by atoms with E-state index in [1.807, 2.05) is 0 Å². The molecule has 0 aromatic heterocycles. The maximum Gasteiger partial charge on any atom is 0.407 e. The van der Waals surface area contributed by atoms with Gasteiger partial charge in [0.2, 0.25) is 0 Å². The van der Waals surface area contributed by atoms with Gasteiger partial charge in [-0.3, -0.25) is 9.59 Å². The van der Waals surface area contributed by atoms with Crippen LogP contribution in [0.5, 0.6) is 5.75 Å². The van der Waals surface area contributed by atoms with E-state index in [0.717, 1.165) is 6.29 Å². The first kappa shape index (κ1) is 20.7. The highest BCUT2D eigenvalue weighted by molar-refractivity contribution is 5.78. The second-order valence-electron chi connectivity index (χ2n) is 7.19. The van der Waals surface area contributed by atoms with Gasteiger partial charge in [-0.05, 0) is 32.9 Å². The van der Waals surface area contributed by atoms with E-state index in [0.29, 0.717) is 31.0 Å². The molecule has 1 saturated heterocycles. The molecular formula is C19H26N2O6. The van der Waals surface area contributed by atoms with Crippen LogP contribution in [-0.4, -0.2) is 67.7 Å². The zero-order chi connectivity index (χ0) is 19.9. The summed E-state index contributed by atoms with van der Waals surface area (Å²) in [7, 11) is 0. The number of rotatable bonds is 6. The molecule has 1 fully saturated rings. The molecule has 2 rings (SSSR count). The Labute approximate surface area is 158 Å². The van der Waals surface area contributed by atoms with Crippen LogP contribution in [0.3, 0.4) is 0 Å². The summed E-state index contributed by atoms with van der Waals surface area (Å²) in [6, 6.07) is 6.61. The van der Waals surface area contributed by atoms with Gasteiger partial charge >= 0.3 is 6.09 Å². The molecule has 1 aromatic rings. The van der Waals surface area contributed by atoms with Crippen LogP contribution in [0.15, 0.2) is 24.3 Å². The molecule has 0 spiro atoms. The van der Waals surface area contributed by atoms with Crippen LogP contribution in [0.1, 0.15) is 31.1 Å². The average molecular weight is 378 g/mol. The van der Waals surface area contributed by atoms with Crippen molar-refractivity contribution in [3.8, 4) is 5.75 Å². The molecule has 8 heteroatoms. The lowest BCUT2D eigenvalue weighted by atomic mass is 10.2. The Morgan fingerprint density at radius 1 is 1.37 bits per heavy atom. The zero-order valence-corrected chi connectivity index (χ0v) is 15.9. The highest BCUT2D eigenvalue weighted by Crippen LogP contribution is 2.13. The van der Waals surface area contributed by atoms with Crippen molar-refractivity contribution >= 4 is 18.3 Å². The van der Waals surface area contributed by atoms with Gasteiger partial charge in [0, 0.05) is 25.2 Å². The van der Waals surface area contributed by atoms with Gasteiger partial charge in [0.25, 0.3) is 5.91 Å². The van der Waals surface area contributed by atoms with Gasteiger partial charge < -0.3 is 24.4 Å². The van der Waals surface area contributed by atoms with E-state index in [-0.39, 0.29) is 25.2 Å². The van der Waals surface area contributed by atoms with Crippen molar-refractivity contribution in [2.24, 2.45) is 0 Å². The van der Waals surface area contributed by atoms with Crippen LogP contribution < -0.4 is 10.1 Å². The van der Waals surface area contributed by atoms with Crippen LogP contribution in [0, 0.1) is 0 Å². The highest BCUT2D eigenvalue weighted by atomic mass is 16.6. The largest absolute Gasteiger partial charge is 0.484 e. The summed E-state index contributed by atoms with van der Waals surface area (Å²) in [5, 5.41) is 2.65. The lowest BCUT2D eigenvalue weighted by Gasteiger charge is -2.33. The topological polar surface area (TPSA) is 94.2 Å². The van der Waals surface area contributed by atoms with Crippen molar-refractivity contribution in [1.29, 1.82) is 0 Å². The minimum absolute atomic E-state index is 0.130. The maximum absolute atomic E-state index is 12.4. The van der Waals surface area contributed by atoms with Crippen LogP contribution in [-0.2, 0) is 14.3 Å². The normalized spacial score (nSPS) is 17.1. The molecule has 0 bridgehead atoms. The second-order valence-corrected chi connectivity index (χ2v) is 7.19. The first-order valence-corrected chi connectivity index (χ1v) is 8.81. The smallest absolute Gasteiger partial charge is 0.407 e. The summed E-state index contributed by atoms with van der Waals surface area (Å²) < 4.78 is 16.2. The van der Waals surface area contributed by atoms with Crippen molar-refractivity contribution in [2.45, 2.75) is 32.5 Å². The fraction of sp³-hybridized carbons (Fsp3) is 0.526. The number of nitrogens with one attached hydrogen (secondary N) is 1. The fourth-order valence-corrected chi connectivity index (χ4v) is 2.49. The number of ether oxygens (including phenoxy) is 3. The molecule has 1 aromatic carbocycles. The second kappa shape index (κ2) is 9.36. The van der Waals surface area contributed by atoms with Gasteiger partial charge in [-0.15, -0.1) is 0 Å². The van der Waals surface area contributed by atoms with E-state index in [4.69, 9.17) is 14.2 Å². The molecule has 1 atom stereocenters. The van der Waals surface area contributed by atoms with E-state index in [9.17, 15) is 14.4 Å². The Morgan fingerprint density at radius 2 is 2.15 bits per heavy atom. The number of alkyl carbamates (subject to hydrolysis) is 1. The summed E-state index contributed by atoms with van der Waals surface area (Å²) >= 11 is 0. The van der Waals surface area contributed by atoms with Crippen LogP contribution in [0.4, 0.5) is 4.79 Å². The quantitative estimate of drug-likeness (QED) is 0.756. The Bertz CT molecular complexity index is 670. The molecule has 0 radical (unpaired) electrons. The molecule has 1 N–H and O–H groups in total. The van der Waals surface area contributed by atoms with Crippen LogP contribution in [0.2, 0.25) is 0 Å². The summed E-state index contributed by atoms with van der Waals surface area (Å²) in [5.74, 6) is 0.279. The molecule has 0 unspecified atom stereocenters. The monoisotopic (exact) mass is 378 g/mol. The first-order valence-electron chi connectivity index (χ1n) is 8.81. The SMILES string of the molecule is CC(C)(C)OC(=O)NC[C@@H]1CN(C(=O)COc2cccc(C=O)c2)CCO1. The van der Waals surface area contributed by atoms with Gasteiger partial charge in [-0.25, -0.2) is 4.79 Å². The Balaban J connectivity index is 1.78. The van der Waals surface area contributed by atoms with Gasteiger partial charge in [0.15, 0.2) is 6.61 Å². The Kier molecular flexibility index (Phi) is 7.18. The molecule has 1 aliphatic heterocycles. The molecule has 148 valence electrons. The molecule has 1 aliphatic rings. The third-order valence-corrected chi connectivity index (χ3v) is 3.72. The van der Waals surface area contributed by atoms with Crippen molar-refractivity contribution in [1.82, 2.24) is 10.2 Å². The molecule has 1 heterocycles. The van der Waals surface area contributed by atoms with Gasteiger partial charge in [-0.2, -0.15) is 0 Å². The predicted molar refractivity (Wildman–Crippen MR) is 97.9 cm³/mol. The predicted octanol–water partition coefficient (Wildman–Crippen LogP) is 1.63. The van der Waals surface area contributed by atoms with Gasteiger partial charge in [0.05, 0.1) is 12.7 Å². The lowest BCUT2D eigenvalue weighted by Crippen LogP contribution is -2.51. The minimum atomic E-state index is -0.571. The van der Waals surface area contributed by atoms with Crippen LogP contribution in [0.25, 0.3) is 0 Å². The minimum Gasteiger partial charge on any atom is -0.484 e. The van der Waals surface area contributed by atoms with Gasteiger partial charge in [0.1, 0.15) is 17.6 Å². The molecule has 2 amide bonds. The van der Waals surface area contributed by atoms with E-state index in [1.165, 1.54) is 0 Å². The average Bonchev–Trinajstić information content (AvgIpc) is 2.63. The number of carbonyl (C=O) groups is 3. The molecule has 0 aliphatic carbocycles. The number of amides is 2. The molecule has 8 nitrogen and oxygen atoms in total. The standard InChI is InChI=1S/C19H26N2O6/c1-19(2,3)27-18(24)20-10-16-11-21(7-8-25-16)17(23)13-26-15-6-4-5-14(9-15)12-22/h4-6,9,12,16H,7-8,10-11,13H2,1-3H3,(H,20,24)/t16-/m1/s1. The lowest BCUT2D eigenvalue weighted by molar-refractivity contribution is -0.140. The van der Waals surface area contributed by atoms with Crippen molar-refractivity contribution in [3.63, 3.8) is 0 Å². The number of morpholine rings is 1. The zero-order valence-electron chi connectivity index (χ0n) is 15.9. The number of nitrogens with zero attached hydrogens (tertiary/aromatic N) is 1. The number of hydrogen-bond acceptors (Lipinski definition) is 6. The summed E-state index contributed by atoms with van der Waals surface area (Å²) in [6.45, 7) is 6.67. The molecule has 0 saturated carbocycles. The van der Waals surface area contributed by atoms with Crippen molar-refractivity contribution in [3.05, 3.63) is 29.8 Å². The Morgan fingerprint density at radius 3 is 2.85 bits per heavy atom. The van der Waals surface area contributed by atoms with Crippen LogP contribution >= 0.6 is 0 Å². The van der Waals surface area contributed by atoms with E-state index in [1.54, 1.807) is 49.9 Å². The summed E-state index contributed by atoms with van der Waals surface area (Å²) in [6.07, 6.45) is -0.111. The number of benzene rings is 1. The Hall–Kier alpha value is -2.61. The fourth-order valence-electron chi connectivity index (χ4n) is 2.49. The van der Waals surface area contributed by atoms with E-state index >= 15 is 0 Å². The van der Waals surface area contributed by atoms with Crippen molar-refractivity contribution < 1.29 is 28.6 Å². The molecular weight excluding hydrogens is 352 g/mol. The maximum atomic E-state index is 12.4. The van der Waals surface area contributed by atoms with E-state index < -0.39 is 11.7 Å². The summed E-state index contributed by atoms with van der Waals surface area (Å²) in [4.78, 5) is 36.5. The number of aldehydes is 1.